The molecule has 1 N–H and O–H groups in total. The van der Waals surface area contributed by atoms with Crippen molar-refractivity contribution in [3.63, 3.8) is 0 Å². The Labute approximate surface area is 112 Å². The van der Waals surface area contributed by atoms with Crippen molar-refractivity contribution in [3.05, 3.63) is 0 Å². The maximum absolute atomic E-state index is 10.00. The van der Waals surface area contributed by atoms with Crippen LogP contribution < -0.4 is 0 Å². The lowest BCUT2D eigenvalue weighted by atomic mass is 9.96. The van der Waals surface area contributed by atoms with Gasteiger partial charge in [0.1, 0.15) is 0 Å². The molecule has 0 bridgehead atoms. The van der Waals surface area contributed by atoms with E-state index in [9.17, 15) is 5.11 Å². The van der Waals surface area contributed by atoms with Crippen LogP contribution in [0, 0.1) is 11.8 Å². The lowest BCUT2D eigenvalue weighted by Gasteiger charge is -2.32. The van der Waals surface area contributed by atoms with Gasteiger partial charge in [0.05, 0.1) is 12.7 Å². The molecule has 0 radical (unpaired) electrons. The van der Waals surface area contributed by atoms with Gasteiger partial charge in [-0.3, -0.25) is 0 Å². The molecule has 0 spiro atoms. The maximum atomic E-state index is 10.00. The number of aliphatic hydroxyl groups is 1. The van der Waals surface area contributed by atoms with E-state index in [1.807, 2.05) is 0 Å². The molecule has 2 heterocycles. The Hall–Kier alpha value is -0.120. The number of likely N-dealkylation sites (tertiary alicyclic amines) is 1. The minimum Gasteiger partial charge on any atom is -0.393 e. The zero-order valence-corrected chi connectivity index (χ0v) is 11.8. The van der Waals surface area contributed by atoms with Crippen LogP contribution in [0.5, 0.6) is 0 Å². The van der Waals surface area contributed by atoms with Crippen LogP contribution in [0.15, 0.2) is 0 Å². The second-order valence-corrected chi connectivity index (χ2v) is 6.08. The van der Waals surface area contributed by atoms with Crippen LogP contribution in [-0.4, -0.2) is 49.0 Å². The summed E-state index contributed by atoms with van der Waals surface area (Å²) in [6.45, 7) is 7.22. The molecule has 0 saturated carbocycles. The van der Waals surface area contributed by atoms with E-state index < -0.39 is 0 Å². The average molecular weight is 255 g/mol. The Kier molecular flexibility index (Phi) is 5.93. The third-order valence-electron chi connectivity index (χ3n) is 4.56. The van der Waals surface area contributed by atoms with E-state index in [4.69, 9.17) is 4.74 Å². The first kappa shape index (κ1) is 14.3. The molecule has 0 aliphatic carbocycles. The van der Waals surface area contributed by atoms with E-state index in [-0.39, 0.29) is 6.10 Å². The molecule has 2 saturated heterocycles. The Morgan fingerprint density at radius 3 is 2.89 bits per heavy atom. The predicted molar refractivity (Wildman–Crippen MR) is 73.6 cm³/mol. The van der Waals surface area contributed by atoms with Gasteiger partial charge in [-0.05, 0) is 44.7 Å². The molecular formula is C15H29NO2. The molecule has 18 heavy (non-hydrogen) atoms. The van der Waals surface area contributed by atoms with Gasteiger partial charge in [-0.25, -0.2) is 0 Å². The van der Waals surface area contributed by atoms with Gasteiger partial charge in [-0.15, -0.1) is 0 Å². The molecule has 2 aliphatic heterocycles. The van der Waals surface area contributed by atoms with Gasteiger partial charge in [-0.1, -0.05) is 19.8 Å². The van der Waals surface area contributed by atoms with E-state index in [2.05, 4.69) is 11.8 Å². The molecule has 0 aromatic carbocycles. The summed E-state index contributed by atoms with van der Waals surface area (Å²) >= 11 is 0. The van der Waals surface area contributed by atoms with Crippen LogP contribution in [0.1, 0.15) is 45.4 Å². The first-order chi connectivity index (χ1) is 8.79. The Morgan fingerprint density at radius 1 is 1.22 bits per heavy atom. The van der Waals surface area contributed by atoms with Crippen LogP contribution in [0.3, 0.4) is 0 Å². The zero-order chi connectivity index (χ0) is 12.8. The molecule has 0 aromatic rings. The first-order valence-corrected chi connectivity index (χ1v) is 7.77. The maximum Gasteiger partial charge on any atom is 0.0624 e. The quantitative estimate of drug-likeness (QED) is 0.836. The van der Waals surface area contributed by atoms with Gasteiger partial charge in [0, 0.05) is 19.1 Å². The van der Waals surface area contributed by atoms with Crippen molar-refractivity contribution < 1.29 is 9.84 Å². The normalized spacial score (nSPS) is 35.3. The lowest BCUT2D eigenvalue weighted by Crippen LogP contribution is -2.41. The van der Waals surface area contributed by atoms with Crippen molar-refractivity contribution in [2.24, 2.45) is 11.8 Å². The largest absolute Gasteiger partial charge is 0.393 e. The fourth-order valence-corrected chi connectivity index (χ4v) is 3.40. The third-order valence-corrected chi connectivity index (χ3v) is 4.56. The number of hydrogen-bond donors (Lipinski definition) is 1. The van der Waals surface area contributed by atoms with Gasteiger partial charge in [0.25, 0.3) is 0 Å². The Balaban J connectivity index is 1.75. The van der Waals surface area contributed by atoms with E-state index in [0.29, 0.717) is 5.92 Å². The summed E-state index contributed by atoms with van der Waals surface area (Å²) in [5, 5.41) is 10.00. The molecule has 0 aromatic heterocycles. The monoisotopic (exact) mass is 255 g/mol. The summed E-state index contributed by atoms with van der Waals surface area (Å²) < 4.78 is 5.50. The highest BCUT2D eigenvalue weighted by atomic mass is 16.5. The fourth-order valence-electron chi connectivity index (χ4n) is 3.40. The van der Waals surface area contributed by atoms with Crippen LogP contribution in [-0.2, 0) is 4.74 Å². The van der Waals surface area contributed by atoms with Crippen molar-refractivity contribution >= 4 is 0 Å². The van der Waals surface area contributed by atoms with Gasteiger partial charge in [-0.2, -0.15) is 0 Å². The van der Waals surface area contributed by atoms with E-state index in [1.165, 1.54) is 45.2 Å². The van der Waals surface area contributed by atoms with E-state index >= 15 is 0 Å². The molecule has 3 nitrogen and oxygen atoms in total. The molecular weight excluding hydrogens is 226 g/mol. The van der Waals surface area contributed by atoms with Crippen molar-refractivity contribution in [2.45, 2.75) is 51.6 Å². The highest BCUT2D eigenvalue weighted by Crippen LogP contribution is 2.23. The molecule has 106 valence electrons. The second-order valence-electron chi connectivity index (χ2n) is 6.08. The SMILES string of the molecule is CCCC1CCCN(CC2COCCC2O)CC1. The number of aliphatic hydroxyl groups excluding tert-OH is 1. The number of ether oxygens (including phenoxy) is 1. The van der Waals surface area contributed by atoms with Crippen LogP contribution in [0.4, 0.5) is 0 Å². The van der Waals surface area contributed by atoms with Crippen molar-refractivity contribution in [3.8, 4) is 0 Å². The van der Waals surface area contributed by atoms with Gasteiger partial charge >= 0.3 is 0 Å². The molecule has 3 atom stereocenters. The highest BCUT2D eigenvalue weighted by molar-refractivity contribution is 4.78. The summed E-state index contributed by atoms with van der Waals surface area (Å²) in [5.41, 5.74) is 0. The molecule has 3 heteroatoms. The average Bonchev–Trinajstić information content (AvgIpc) is 2.59. The van der Waals surface area contributed by atoms with Gasteiger partial charge in [0.2, 0.25) is 0 Å². The van der Waals surface area contributed by atoms with E-state index in [0.717, 1.165) is 32.1 Å². The standard InChI is InChI=1S/C15H29NO2/c1-2-4-13-5-3-8-16(9-6-13)11-14-12-18-10-7-15(14)17/h13-15,17H,2-12H2,1H3. The molecule has 2 fully saturated rings. The van der Waals surface area contributed by atoms with E-state index in [1.54, 1.807) is 0 Å². The molecule has 3 unspecified atom stereocenters. The van der Waals surface area contributed by atoms with Crippen molar-refractivity contribution in [1.29, 1.82) is 0 Å². The first-order valence-electron chi connectivity index (χ1n) is 7.77. The second kappa shape index (κ2) is 7.46. The number of rotatable bonds is 4. The Bertz CT molecular complexity index is 235. The summed E-state index contributed by atoms with van der Waals surface area (Å²) in [4.78, 5) is 2.55. The van der Waals surface area contributed by atoms with Crippen LogP contribution in [0.2, 0.25) is 0 Å². The number of nitrogens with zero attached hydrogens (tertiary/aromatic N) is 1. The Morgan fingerprint density at radius 2 is 2.11 bits per heavy atom. The molecule has 0 amide bonds. The third kappa shape index (κ3) is 4.22. The van der Waals surface area contributed by atoms with Crippen molar-refractivity contribution in [2.75, 3.05) is 32.8 Å². The highest BCUT2D eigenvalue weighted by Gasteiger charge is 2.26. The summed E-state index contributed by atoms with van der Waals surface area (Å²) in [6, 6.07) is 0. The van der Waals surface area contributed by atoms with Gasteiger partial charge in [0.15, 0.2) is 0 Å². The van der Waals surface area contributed by atoms with Crippen LogP contribution >= 0.6 is 0 Å². The lowest BCUT2D eigenvalue weighted by molar-refractivity contribution is -0.0463. The molecule has 2 aliphatic rings. The van der Waals surface area contributed by atoms with Crippen molar-refractivity contribution in [1.82, 2.24) is 4.90 Å². The minimum atomic E-state index is -0.145. The smallest absolute Gasteiger partial charge is 0.0624 e. The summed E-state index contributed by atoms with van der Waals surface area (Å²) in [7, 11) is 0. The number of hydrogen-bond acceptors (Lipinski definition) is 3. The zero-order valence-electron chi connectivity index (χ0n) is 11.8. The minimum absolute atomic E-state index is 0.145. The molecule has 2 rings (SSSR count). The van der Waals surface area contributed by atoms with Gasteiger partial charge < -0.3 is 14.7 Å². The summed E-state index contributed by atoms with van der Waals surface area (Å²) in [6.07, 6.45) is 7.45. The topological polar surface area (TPSA) is 32.7 Å². The fraction of sp³-hybridized carbons (Fsp3) is 1.00. The predicted octanol–water partition coefficient (Wildman–Crippen LogP) is 2.29. The van der Waals surface area contributed by atoms with Crippen LogP contribution in [0.25, 0.3) is 0 Å². The summed E-state index contributed by atoms with van der Waals surface area (Å²) in [5.74, 6) is 1.27.